The van der Waals surface area contributed by atoms with Crippen molar-refractivity contribution in [3.63, 3.8) is 0 Å². The first-order valence-electron chi connectivity index (χ1n) is 8.16. The number of halogens is 2. The summed E-state index contributed by atoms with van der Waals surface area (Å²) in [6.45, 7) is 3.59. The highest BCUT2D eigenvalue weighted by molar-refractivity contribution is 6.31. The number of carbonyl (C=O) groups is 1. The van der Waals surface area contributed by atoms with Crippen LogP contribution in [0.2, 0.25) is 5.02 Å². The van der Waals surface area contributed by atoms with Crippen LogP contribution in [0.3, 0.4) is 0 Å². The molecule has 3 aromatic rings. The van der Waals surface area contributed by atoms with Gasteiger partial charge in [0.15, 0.2) is 0 Å². The topological polar surface area (TPSA) is 64.0 Å². The van der Waals surface area contributed by atoms with Crippen molar-refractivity contribution < 1.29 is 9.18 Å². The fourth-order valence-corrected chi connectivity index (χ4v) is 3.03. The molecule has 0 saturated heterocycles. The van der Waals surface area contributed by atoms with E-state index in [0.717, 1.165) is 5.39 Å². The molecule has 134 valence electrons. The van der Waals surface area contributed by atoms with E-state index in [2.05, 4.69) is 10.4 Å². The smallest absolute Gasteiger partial charge is 0.275 e. The number of fused-ring (bicyclic) bond motifs is 1. The van der Waals surface area contributed by atoms with Crippen LogP contribution in [0.15, 0.2) is 47.3 Å². The Bertz CT molecular complexity index is 1050. The number of nitrogens with one attached hydrogen (secondary N) is 1. The van der Waals surface area contributed by atoms with Gasteiger partial charge in [-0.2, -0.15) is 5.10 Å². The summed E-state index contributed by atoms with van der Waals surface area (Å²) in [4.78, 5) is 25.5. The standard InChI is InChI=1S/C19H17ClFN3O2/c1-3-17(18(25)22-12-8-9-16(21)15(20)10-12)24-19(26)14-7-5-4-6-13(14)11(2)23-24/h4-10,17H,3H2,1-2H3,(H,22,25). The second-order valence-corrected chi connectivity index (χ2v) is 6.33. The summed E-state index contributed by atoms with van der Waals surface area (Å²) in [5, 5.41) is 8.17. The Kier molecular flexibility index (Phi) is 5.04. The van der Waals surface area contributed by atoms with Crippen LogP contribution in [0.1, 0.15) is 25.1 Å². The minimum absolute atomic E-state index is 0.0901. The molecular formula is C19H17ClFN3O2. The molecule has 1 amide bonds. The molecule has 0 radical (unpaired) electrons. The number of hydrogen-bond donors (Lipinski definition) is 1. The molecule has 0 bridgehead atoms. The van der Waals surface area contributed by atoms with Gasteiger partial charge < -0.3 is 5.32 Å². The molecule has 1 unspecified atom stereocenters. The van der Waals surface area contributed by atoms with Gasteiger partial charge in [-0.25, -0.2) is 9.07 Å². The van der Waals surface area contributed by atoms with E-state index in [-0.39, 0.29) is 10.6 Å². The van der Waals surface area contributed by atoms with E-state index in [0.29, 0.717) is 23.2 Å². The molecule has 1 atom stereocenters. The molecule has 0 saturated carbocycles. The molecule has 1 N–H and O–H groups in total. The van der Waals surface area contributed by atoms with E-state index < -0.39 is 17.8 Å². The number of nitrogens with zero attached hydrogens (tertiary/aromatic N) is 2. The van der Waals surface area contributed by atoms with Crippen LogP contribution in [-0.4, -0.2) is 15.7 Å². The van der Waals surface area contributed by atoms with Gasteiger partial charge in [0.05, 0.1) is 16.1 Å². The van der Waals surface area contributed by atoms with Crippen molar-refractivity contribution in [2.75, 3.05) is 5.32 Å². The fourth-order valence-electron chi connectivity index (χ4n) is 2.85. The van der Waals surface area contributed by atoms with Crippen molar-refractivity contribution in [1.29, 1.82) is 0 Å². The molecule has 5 nitrogen and oxygen atoms in total. The second kappa shape index (κ2) is 7.25. The van der Waals surface area contributed by atoms with Gasteiger partial charge in [0.2, 0.25) is 5.91 Å². The maximum Gasteiger partial charge on any atom is 0.275 e. The molecule has 0 aliphatic rings. The summed E-state index contributed by atoms with van der Waals surface area (Å²) in [5.41, 5.74) is 0.687. The normalized spacial score (nSPS) is 12.2. The first-order chi connectivity index (χ1) is 12.4. The minimum Gasteiger partial charge on any atom is -0.324 e. The molecule has 26 heavy (non-hydrogen) atoms. The van der Waals surface area contributed by atoms with Crippen molar-refractivity contribution in [1.82, 2.24) is 9.78 Å². The first-order valence-corrected chi connectivity index (χ1v) is 8.54. The van der Waals surface area contributed by atoms with Crippen LogP contribution in [0, 0.1) is 12.7 Å². The van der Waals surface area contributed by atoms with Gasteiger partial charge in [0.1, 0.15) is 11.9 Å². The summed E-state index contributed by atoms with van der Waals surface area (Å²) in [6, 6.07) is 10.3. The number of aromatic nitrogens is 2. The van der Waals surface area contributed by atoms with Crippen molar-refractivity contribution in [3.8, 4) is 0 Å². The molecule has 7 heteroatoms. The summed E-state index contributed by atoms with van der Waals surface area (Å²) in [5.74, 6) is -0.987. The average molecular weight is 374 g/mol. The van der Waals surface area contributed by atoms with Gasteiger partial charge in [-0.15, -0.1) is 0 Å². The zero-order valence-electron chi connectivity index (χ0n) is 14.3. The lowest BCUT2D eigenvalue weighted by Crippen LogP contribution is -2.35. The van der Waals surface area contributed by atoms with Crippen LogP contribution >= 0.6 is 11.6 Å². The molecular weight excluding hydrogens is 357 g/mol. The number of rotatable bonds is 4. The summed E-state index contributed by atoms with van der Waals surface area (Å²) in [6.07, 6.45) is 0.367. The first kappa shape index (κ1) is 18.1. The maximum atomic E-state index is 13.3. The molecule has 0 fully saturated rings. The number of benzene rings is 2. The SMILES string of the molecule is CCC(C(=O)Nc1ccc(F)c(Cl)c1)n1nc(C)c2ccccc2c1=O. The lowest BCUT2D eigenvalue weighted by atomic mass is 10.1. The van der Waals surface area contributed by atoms with Crippen molar-refractivity contribution in [2.24, 2.45) is 0 Å². The fraction of sp³-hybridized carbons (Fsp3) is 0.211. The molecule has 2 aromatic carbocycles. The van der Waals surface area contributed by atoms with E-state index >= 15 is 0 Å². The minimum atomic E-state index is -0.797. The Hall–Kier alpha value is -2.73. The lowest BCUT2D eigenvalue weighted by molar-refractivity contribution is -0.119. The highest BCUT2D eigenvalue weighted by Gasteiger charge is 2.23. The lowest BCUT2D eigenvalue weighted by Gasteiger charge is -2.18. The van der Waals surface area contributed by atoms with Gasteiger partial charge in [0, 0.05) is 11.1 Å². The predicted molar refractivity (Wildman–Crippen MR) is 100 cm³/mol. The number of hydrogen-bond acceptors (Lipinski definition) is 3. The molecule has 0 aliphatic heterocycles. The van der Waals surface area contributed by atoms with E-state index in [1.165, 1.54) is 22.9 Å². The predicted octanol–water partition coefficient (Wildman–Crippen LogP) is 4.09. The molecule has 0 aliphatic carbocycles. The Morgan fingerprint density at radius 1 is 1.27 bits per heavy atom. The third-order valence-electron chi connectivity index (χ3n) is 4.18. The zero-order chi connectivity index (χ0) is 18.8. The highest BCUT2D eigenvalue weighted by Crippen LogP contribution is 2.21. The maximum absolute atomic E-state index is 13.3. The Morgan fingerprint density at radius 3 is 2.62 bits per heavy atom. The number of anilines is 1. The van der Waals surface area contributed by atoms with E-state index in [9.17, 15) is 14.0 Å². The van der Waals surface area contributed by atoms with E-state index in [4.69, 9.17) is 11.6 Å². The average Bonchev–Trinajstić information content (AvgIpc) is 2.63. The van der Waals surface area contributed by atoms with Crippen molar-refractivity contribution in [3.05, 3.63) is 69.4 Å². The van der Waals surface area contributed by atoms with Gasteiger partial charge >= 0.3 is 0 Å². The molecule has 3 rings (SSSR count). The number of carbonyl (C=O) groups excluding carboxylic acids is 1. The van der Waals surface area contributed by atoms with Crippen LogP contribution in [-0.2, 0) is 4.79 Å². The van der Waals surface area contributed by atoms with Crippen molar-refractivity contribution >= 4 is 34.0 Å². The Balaban J connectivity index is 1.99. The Labute approximate surface area is 154 Å². The number of aryl methyl sites for hydroxylation is 1. The van der Waals surface area contributed by atoms with E-state index in [1.807, 2.05) is 12.1 Å². The number of amides is 1. The van der Waals surface area contributed by atoms with E-state index in [1.54, 1.807) is 26.0 Å². The monoisotopic (exact) mass is 373 g/mol. The van der Waals surface area contributed by atoms with Crippen LogP contribution in [0.5, 0.6) is 0 Å². The second-order valence-electron chi connectivity index (χ2n) is 5.92. The van der Waals surface area contributed by atoms with Gasteiger partial charge in [0.25, 0.3) is 5.56 Å². The van der Waals surface area contributed by atoms with Gasteiger partial charge in [-0.3, -0.25) is 9.59 Å². The van der Waals surface area contributed by atoms with Crippen molar-refractivity contribution in [2.45, 2.75) is 26.3 Å². The summed E-state index contributed by atoms with van der Waals surface area (Å²) in [7, 11) is 0. The summed E-state index contributed by atoms with van der Waals surface area (Å²) >= 11 is 5.75. The van der Waals surface area contributed by atoms with Gasteiger partial charge in [-0.05, 0) is 37.6 Å². The molecule has 1 heterocycles. The van der Waals surface area contributed by atoms with Crippen LogP contribution in [0.25, 0.3) is 10.8 Å². The molecule has 1 aromatic heterocycles. The largest absolute Gasteiger partial charge is 0.324 e. The van der Waals surface area contributed by atoms with Crippen LogP contribution in [0.4, 0.5) is 10.1 Å². The van der Waals surface area contributed by atoms with Gasteiger partial charge in [-0.1, -0.05) is 36.7 Å². The zero-order valence-corrected chi connectivity index (χ0v) is 15.0. The third-order valence-corrected chi connectivity index (χ3v) is 4.47. The highest BCUT2D eigenvalue weighted by atomic mass is 35.5. The molecule has 0 spiro atoms. The quantitative estimate of drug-likeness (QED) is 0.749. The third kappa shape index (κ3) is 3.32. The van der Waals surface area contributed by atoms with Crippen LogP contribution < -0.4 is 10.9 Å². The Morgan fingerprint density at radius 2 is 1.96 bits per heavy atom. The summed E-state index contributed by atoms with van der Waals surface area (Å²) < 4.78 is 14.5.